The molecule has 5 rings (SSSR count). The highest BCUT2D eigenvalue weighted by Crippen LogP contribution is 2.30. The zero-order valence-electron chi connectivity index (χ0n) is 19.1. The fourth-order valence-corrected chi connectivity index (χ4v) is 5.02. The number of hydrogen-bond acceptors (Lipinski definition) is 4. The van der Waals surface area contributed by atoms with Gasteiger partial charge in [-0.05, 0) is 30.2 Å². The topological polar surface area (TPSA) is 60.9 Å². The Morgan fingerprint density at radius 2 is 1.12 bits per heavy atom. The normalized spacial score (nSPS) is 17.2. The molecule has 0 aliphatic carbocycles. The third-order valence-electron chi connectivity index (χ3n) is 6.79. The lowest BCUT2D eigenvalue weighted by molar-refractivity contribution is -0.136. The maximum atomic E-state index is 13.3. The van der Waals surface area contributed by atoms with Crippen LogP contribution in [0.5, 0.6) is 0 Å². The van der Waals surface area contributed by atoms with Crippen LogP contribution in [0.25, 0.3) is 0 Å². The summed E-state index contributed by atoms with van der Waals surface area (Å²) in [6, 6.07) is 26.8. The highest BCUT2D eigenvalue weighted by molar-refractivity contribution is 6.22. The monoisotopic (exact) mass is 453 g/mol. The number of piperazine rings is 1. The van der Waals surface area contributed by atoms with E-state index in [1.54, 1.807) is 36.1 Å². The second-order valence-corrected chi connectivity index (χ2v) is 8.79. The second-order valence-electron chi connectivity index (χ2n) is 8.79. The number of rotatable bonds is 5. The molecule has 0 unspecified atom stereocenters. The van der Waals surface area contributed by atoms with E-state index in [1.807, 2.05) is 12.1 Å². The molecule has 3 amide bonds. The molecular formula is C28H27N3O3. The van der Waals surface area contributed by atoms with Crippen LogP contribution < -0.4 is 0 Å². The third kappa shape index (κ3) is 3.90. The van der Waals surface area contributed by atoms with Crippen LogP contribution in [-0.2, 0) is 4.79 Å². The van der Waals surface area contributed by atoms with E-state index in [0.29, 0.717) is 37.3 Å². The maximum absolute atomic E-state index is 13.3. The molecule has 0 aromatic heterocycles. The first kappa shape index (κ1) is 22.0. The van der Waals surface area contributed by atoms with Gasteiger partial charge in [0.1, 0.15) is 6.04 Å². The van der Waals surface area contributed by atoms with Crippen LogP contribution in [0.3, 0.4) is 0 Å². The molecule has 0 N–H and O–H groups in total. The van der Waals surface area contributed by atoms with Gasteiger partial charge in [-0.15, -0.1) is 0 Å². The Kier molecular flexibility index (Phi) is 5.99. The standard InChI is InChI=1S/C28H27N3O3/c1-20(31-27(33)23-14-8-9-15-24(23)28(31)34)26(32)30-18-16-29(17-19-30)25(21-10-4-2-5-11-21)22-12-6-3-7-13-22/h2-15,20,25H,16-19H2,1H3/t20-/m1/s1. The number of amides is 3. The molecule has 3 aromatic rings. The summed E-state index contributed by atoms with van der Waals surface area (Å²) in [7, 11) is 0. The van der Waals surface area contributed by atoms with E-state index in [1.165, 1.54) is 11.1 Å². The Morgan fingerprint density at radius 3 is 1.59 bits per heavy atom. The molecular weight excluding hydrogens is 426 g/mol. The highest BCUT2D eigenvalue weighted by atomic mass is 16.2. The molecule has 6 heteroatoms. The zero-order valence-corrected chi connectivity index (χ0v) is 19.1. The van der Waals surface area contributed by atoms with E-state index in [0.717, 1.165) is 4.90 Å². The minimum Gasteiger partial charge on any atom is -0.338 e. The van der Waals surface area contributed by atoms with Crippen molar-refractivity contribution in [1.82, 2.24) is 14.7 Å². The van der Waals surface area contributed by atoms with Gasteiger partial charge in [0.15, 0.2) is 0 Å². The van der Waals surface area contributed by atoms with E-state index < -0.39 is 17.9 Å². The molecule has 0 bridgehead atoms. The van der Waals surface area contributed by atoms with E-state index in [9.17, 15) is 14.4 Å². The molecule has 6 nitrogen and oxygen atoms in total. The smallest absolute Gasteiger partial charge is 0.262 e. The van der Waals surface area contributed by atoms with Crippen molar-refractivity contribution in [3.8, 4) is 0 Å². The van der Waals surface area contributed by atoms with Crippen LogP contribution in [0.2, 0.25) is 0 Å². The van der Waals surface area contributed by atoms with Gasteiger partial charge < -0.3 is 4.90 Å². The molecule has 2 aliphatic rings. The molecule has 0 spiro atoms. The number of fused-ring (bicyclic) bond motifs is 1. The average molecular weight is 454 g/mol. The van der Waals surface area contributed by atoms with Gasteiger partial charge in [0, 0.05) is 26.2 Å². The van der Waals surface area contributed by atoms with Crippen molar-refractivity contribution < 1.29 is 14.4 Å². The Labute approximate surface area is 199 Å². The molecule has 3 aromatic carbocycles. The summed E-state index contributed by atoms with van der Waals surface area (Å²) in [5.74, 6) is -0.980. The number of imide groups is 1. The minimum atomic E-state index is -0.835. The summed E-state index contributed by atoms with van der Waals surface area (Å²) in [5, 5.41) is 0. The molecule has 2 aliphatic heterocycles. The Balaban J connectivity index is 1.30. The second kappa shape index (κ2) is 9.23. The molecule has 1 fully saturated rings. The first-order chi connectivity index (χ1) is 16.6. The summed E-state index contributed by atoms with van der Waals surface area (Å²) < 4.78 is 0. The van der Waals surface area contributed by atoms with Crippen LogP contribution in [-0.4, -0.2) is 64.6 Å². The van der Waals surface area contributed by atoms with Crippen molar-refractivity contribution in [1.29, 1.82) is 0 Å². The molecule has 0 radical (unpaired) electrons. The maximum Gasteiger partial charge on any atom is 0.262 e. The fraction of sp³-hybridized carbons (Fsp3) is 0.250. The van der Waals surface area contributed by atoms with Crippen LogP contribution in [0, 0.1) is 0 Å². The van der Waals surface area contributed by atoms with Gasteiger partial charge in [-0.2, -0.15) is 0 Å². The summed E-state index contributed by atoms with van der Waals surface area (Å²) >= 11 is 0. The number of nitrogens with zero attached hydrogens (tertiary/aromatic N) is 3. The van der Waals surface area contributed by atoms with Crippen molar-refractivity contribution in [2.24, 2.45) is 0 Å². The van der Waals surface area contributed by atoms with Gasteiger partial charge in [0.25, 0.3) is 11.8 Å². The average Bonchev–Trinajstić information content (AvgIpc) is 3.15. The van der Waals surface area contributed by atoms with E-state index in [-0.39, 0.29) is 11.9 Å². The lowest BCUT2D eigenvalue weighted by Gasteiger charge is -2.41. The van der Waals surface area contributed by atoms with Crippen LogP contribution in [0.4, 0.5) is 0 Å². The molecule has 172 valence electrons. The lowest BCUT2D eigenvalue weighted by atomic mass is 9.96. The predicted molar refractivity (Wildman–Crippen MR) is 129 cm³/mol. The zero-order chi connectivity index (χ0) is 23.7. The van der Waals surface area contributed by atoms with Crippen LogP contribution in [0.15, 0.2) is 84.9 Å². The number of hydrogen-bond donors (Lipinski definition) is 0. The Hall–Kier alpha value is -3.77. The Bertz CT molecular complexity index is 1130. The third-order valence-corrected chi connectivity index (χ3v) is 6.79. The van der Waals surface area contributed by atoms with Crippen molar-refractivity contribution in [2.45, 2.75) is 19.0 Å². The van der Waals surface area contributed by atoms with Crippen molar-refractivity contribution in [3.05, 3.63) is 107 Å². The molecule has 34 heavy (non-hydrogen) atoms. The Morgan fingerprint density at radius 1 is 0.676 bits per heavy atom. The summed E-state index contributed by atoms with van der Waals surface area (Å²) in [5.41, 5.74) is 3.16. The van der Waals surface area contributed by atoms with Gasteiger partial charge >= 0.3 is 0 Å². The number of carbonyl (C=O) groups excluding carboxylic acids is 3. The first-order valence-corrected chi connectivity index (χ1v) is 11.7. The van der Waals surface area contributed by atoms with Crippen LogP contribution in [0.1, 0.15) is 44.8 Å². The largest absolute Gasteiger partial charge is 0.338 e. The van der Waals surface area contributed by atoms with Gasteiger partial charge in [-0.25, -0.2) is 0 Å². The highest BCUT2D eigenvalue weighted by Gasteiger charge is 2.42. The van der Waals surface area contributed by atoms with E-state index in [4.69, 9.17) is 0 Å². The van der Waals surface area contributed by atoms with Crippen LogP contribution >= 0.6 is 0 Å². The van der Waals surface area contributed by atoms with Gasteiger partial charge in [-0.1, -0.05) is 72.8 Å². The van der Waals surface area contributed by atoms with Crippen molar-refractivity contribution in [2.75, 3.05) is 26.2 Å². The minimum absolute atomic E-state index is 0.105. The summed E-state index contributed by atoms with van der Waals surface area (Å²) in [4.78, 5) is 44.2. The molecule has 2 heterocycles. The summed E-state index contributed by atoms with van der Waals surface area (Å²) in [6.45, 7) is 4.14. The predicted octanol–water partition coefficient (Wildman–Crippen LogP) is 3.60. The number of benzene rings is 3. The van der Waals surface area contributed by atoms with E-state index in [2.05, 4.69) is 53.4 Å². The van der Waals surface area contributed by atoms with E-state index >= 15 is 0 Å². The molecule has 1 saturated heterocycles. The SMILES string of the molecule is C[C@H](C(=O)N1CCN(C(c2ccccc2)c2ccccc2)CC1)N1C(=O)c2ccccc2C1=O. The molecule has 0 saturated carbocycles. The van der Waals surface area contributed by atoms with Gasteiger partial charge in [0.05, 0.1) is 17.2 Å². The molecule has 1 atom stereocenters. The lowest BCUT2D eigenvalue weighted by Crippen LogP contribution is -2.55. The fourth-order valence-electron chi connectivity index (χ4n) is 5.02. The van der Waals surface area contributed by atoms with Crippen molar-refractivity contribution >= 4 is 17.7 Å². The first-order valence-electron chi connectivity index (χ1n) is 11.7. The van der Waals surface area contributed by atoms with Gasteiger partial charge in [-0.3, -0.25) is 24.2 Å². The summed E-state index contributed by atoms with van der Waals surface area (Å²) in [6.07, 6.45) is 0. The van der Waals surface area contributed by atoms with Gasteiger partial charge in [0.2, 0.25) is 5.91 Å². The number of carbonyl (C=O) groups is 3. The quantitative estimate of drug-likeness (QED) is 0.554. The van der Waals surface area contributed by atoms with Crippen molar-refractivity contribution in [3.63, 3.8) is 0 Å².